The summed E-state index contributed by atoms with van der Waals surface area (Å²) >= 11 is 0. The summed E-state index contributed by atoms with van der Waals surface area (Å²) < 4.78 is 86.4. The van der Waals surface area contributed by atoms with Crippen LogP contribution in [0.4, 0.5) is 32.2 Å². The van der Waals surface area contributed by atoms with Gasteiger partial charge in [0.15, 0.2) is 0 Å². The van der Waals surface area contributed by atoms with Gasteiger partial charge < -0.3 is 14.6 Å². The first-order chi connectivity index (χ1) is 16.1. The number of anilines is 1. The normalized spacial score (nSPS) is 15.7. The van der Waals surface area contributed by atoms with Crippen LogP contribution in [0.15, 0.2) is 29.2 Å². The number of rotatable bonds is 8. The van der Waals surface area contributed by atoms with Crippen LogP contribution in [0, 0.1) is 12.7 Å². The molecule has 3 aromatic rings. The topological polar surface area (TPSA) is 69.0 Å². The van der Waals surface area contributed by atoms with E-state index in [9.17, 15) is 31.1 Å². The van der Waals surface area contributed by atoms with Crippen LogP contribution in [0.25, 0.3) is 10.9 Å². The van der Waals surface area contributed by atoms with E-state index < -0.39 is 54.0 Å². The average molecular weight is 486 g/mol. The molecule has 0 radical (unpaired) electrons. The van der Waals surface area contributed by atoms with Crippen LogP contribution < -0.4 is 15.6 Å². The van der Waals surface area contributed by atoms with Crippen LogP contribution in [-0.2, 0) is 5.54 Å². The Hall–Kier alpha value is -3.31. The Balaban J connectivity index is 1.88. The number of halogens is 6. The van der Waals surface area contributed by atoms with Crippen LogP contribution in [-0.4, -0.2) is 27.8 Å². The maximum Gasteiger partial charge on any atom is 0.387 e. The Morgan fingerprint density at radius 1 is 1.18 bits per heavy atom. The number of ether oxygens (including phenoxy) is 1. The van der Waals surface area contributed by atoms with E-state index in [0.717, 1.165) is 10.6 Å². The van der Waals surface area contributed by atoms with Crippen LogP contribution in [0.2, 0.25) is 0 Å². The van der Waals surface area contributed by atoms with Crippen molar-refractivity contribution in [1.82, 2.24) is 14.5 Å². The van der Waals surface area contributed by atoms with E-state index in [-0.39, 0.29) is 28.1 Å². The van der Waals surface area contributed by atoms with E-state index in [4.69, 9.17) is 0 Å². The quantitative estimate of drug-likeness (QED) is 0.432. The number of nitrogens with zero attached hydrogens (tertiary/aromatic N) is 3. The lowest BCUT2D eigenvalue weighted by Gasteiger charge is -2.21. The summed E-state index contributed by atoms with van der Waals surface area (Å²) in [6.07, 6.45) is -1.13. The predicted octanol–water partition coefficient (Wildman–Crippen LogP) is 5.41. The molecule has 1 fully saturated rings. The molecule has 0 aliphatic heterocycles. The van der Waals surface area contributed by atoms with Crippen LogP contribution in [0.5, 0.6) is 5.75 Å². The van der Waals surface area contributed by atoms with Gasteiger partial charge in [-0.1, -0.05) is 18.2 Å². The number of benzene rings is 1. The molecule has 1 atom stereocenters. The highest BCUT2D eigenvalue weighted by Crippen LogP contribution is 2.44. The number of pyridine rings is 1. The Bertz CT molecular complexity index is 1290. The molecule has 1 aromatic carbocycles. The first-order valence-corrected chi connectivity index (χ1v) is 10.4. The molecule has 1 aliphatic carbocycles. The summed E-state index contributed by atoms with van der Waals surface area (Å²) in [5.41, 5.74) is -3.23. The molecule has 1 aliphatic rings. The van der Waals surface area contributed by atoms with Gasteiger partial charge in [-0.15, -0.1) is 0 Å². The number of hydrogen-bond donors (Lipinski definition) is 1. The highest BCUT2D eigenvalue weighted by Gasteiger charge is 2.46. The van der Waals surface area contributed by atoms with E-state index in [1.54, 1.807) is 0 Å². The highest BCUT2D eigenvalue weighted by molar-refractivity contribution is 5.92. The van der Waals surface area contributed by atoms with E-state index >= 15 is 0 Å². The largest absolute Gasteiger partial charge is 0.427 e. The lowest BCUT2D eigenvalue weighted by Crippen LogP contribution is -2.33. The first kappa shape index (κ1) is 23.8. The molecule has 0 unspecified atom stereocenters. The second kappa shape index (κ2) is 8.80. The van der Waals surface area contributed by atoms with Gasteiger partial charge in [-0.3, -0.25) is 4.79 Å². The molecule has 1 saturated carbocycles. The van der Waals surface area contributed by atoms with Crippen LogP contribution in [0.1, 0.15) is 49.2 Å². The molecular weight excluding hydrogens is 466 g/mol. The molecule has 0 bridgehead atoms. The van der Waals surface area contributed by atoms with Crippen molar-refractivity contribution in [1.29, 1.82) is 0 Å². The molecule has 0 spiro atoms. The van der Waals surface area contributed by atoms with E-state index in [1.165, 1.54) is 32.2 Å². The van der Waals surface area contributed by atoms with Gasteiger partial charge in [0.1, 0.15) is 29.7 Å². The van der Waals surface area contributed by atoms with E-state index in [2.05, 4.69) is 20.0 Å². The number of nitrogens with one attached hydrogen (secondary N) is 1. The summed E-state index contributed by atoms with van der Waals surface area (Å²) in [5, 5.41) is 2.93. The van der Waals surface area contributed by atoms with Crippen molar-refractivity contribution in [2.45, 2.75) is 51.3 Å². The van der Waals surface area contributed by atoms with Gasteiger partial charge in [0, 0.05) is 11.8 Å². The lowest BCUT2D eigenvalue weighted by atomic mass is 10.0. The fraction of sp³-hybridized carbons (Fsp3) is 0.409. The van der Waals surface area contributed by atoms with Crippen molar-refractivity contribution in [3.05, 3.63) is 57.5 Å². The lowest BCUT2D eigenvalue weighted by molar-refractivity contribution is -0.0502. The van der Waals surface area contributed by atoms with Gasteiger partial charge >= 0.3 is 6.61 Å². The maximum absolute atomic E-state index is 14.7. The zero-order valence-corrected chi connectivity index (χ0v) is 18.1. The standard InChI is InChI=1S/C22H20F6N4O2/c1-10(12-4-3-5-13(15(12)24)18(25)26)29-19-14-8-32(22(9-23)6-7-22)20(33)17(34-21(27)28)16(14)30-11(2)31-19/h3-5,8,10,18,21H,6-7,9H2,1-2H3,(H,29,30,31)/t10-/m1/s1. The third kappa shape index (κ3) is 4.16. The molecule has 12 heteroatoms. The van der Waals surface area contributed by atoms with Gasteiger partial charge in [-0.25, -0.2) is 27.5 Å². The SMILES string of the molecule is Cc1nc(N[C@H](C)c2cccc(C(F)F)c2F)c2cn(C3(CF)CC3)c(=O)c(OC(F)F)c2n1. The summed E-state index contributed by atoms with van der Waals surface area (Å²) in [5.74, 6) is -1.77. The minimum absolute atomic E-state index is 0.0133. The maximum atomic E-state index is 14.7. The fourth-order valence-electron chi connectivity index (χ4n) is 3.87. The minimum atomic E-state index is -3.34. The zero-order valence-electron chi connectivity index (χ0n) is 18.1. The molecule has 0 saturated heterocycles. The number of aryl methyl sites for hydroxylation is 1. The second-order valence-electron chi connectivity index (χ2n) is 8.17. The fourth-order valence-corrected chi connectivity index (χ4v) is 3.87. The zero-order chi connectivity index (χ0) is 24.8. The first-order valence-electron chi connectivity index (χ1n) is 10.4. The van der Waals surface area contributed by atoms with Crippen molar-refractivity contribution in [2.24, 2.45) is 0 Å². The van der Waals surface area contributed by atoms with Crippen LogP contribution in [0.3, 0.4) is 0 Å². The number of fused-ring (bicyclic) bond motifs is 1. The molecule has 34 heavy (non-hydrogen) atoms. The van der Waals surface area contributed by atoms with Gasteiger partial charge in [0.05, 0.1) is 22.5 Å². The Morgan fingerprint density at radius 3 is 2.44 bits per heavy atom. The van der Waals surface area contributed by atoms with Crippen molar-refractivity contribution < 1.29 is 31.1 Å². The molecular formula is C22H20F6N4O2. The minimum Gasteiger partial charge on any atom is -0.427 e. The Labute approximate surface area is 189 Å². The molecule has 2 aromatic heterocycles. The van der Waals surface area contributed by atoms with Gasteiger partial charge in [0.2, 0.25) is 5.75 Å². The van der Waals surface area contributed by atoms with Crippen molar-refractivity contribution in [3.8, 4) is 5.75 Å². The molecule has 0 amide bonds. The molecule has 4 rings (SSSR count). The summed E-state index contributed by atoms with van der Waals surface area (Å²) in [4.78, 5) is 21.2. The third-order valence-corrected chi connectivity index (χ3v) is 5.85. The number of alkyl halides is 5. The monoisotopic (exact) mass is 486 g/mol. The smallest absolute Gasteiger partial charge is 0.387 e. The Morgan fingerprint density at radius 2 is 1.85 bits per heavy atom. The van der Waals surface area contributed by atoms with Gasteiger partial charge in [0.25, 0.3) is 12.0 Å². The van der Waals surface area contributed by atoms with Crippen LogP contribution >= 0.6 is 0 Å². The third-order valence-electron chi connectivity index (χ3n) is 5.85. The molecule has 6 nitrogen and oxygen atoms in total. The van der Waals surface area contributed by atoms with Gasteiger partial charge in [-0.2, -0.15) is 8.78 Å². The second-order valence-corrected chi connectivity index (χ2v) is 8.17. The van der Waals surface area contributed by atoms with E-state index in [0.29, 0.717) is 12.8 Å². The summed E-state index contributed by atoms with van der Waals surface area (Å²) in [7, 11) is 0. The van der Waals surface area contributed by atoms with Crippen molar-refractivity contribution in [3.63, 3.8) is 0 Å². The summed E-state index contributed by atoms with van der Waals surface area (Å²) in [6.45, 7) is -1.31. The average Bonchev–Trinajstić information content (AvgIpc) is 3.56. The van der Waals surface area contributed by atoms with Crippen molar-refractivity contribution in [2.75, 3.05) is 12.0 Å². The Kier molecular flexibility index (Phi) is 6.17. The van der Waals surface area contributed by atoms with E-state index in [1.807, 2.05) is 0 Å². The highest BCUT2D eigenvalue weighted by atomic mass is 19.3. The summed E-state index contributed by atoms with van der Waals surface area (Å²) in [6, 6.07) is 2.68. The number of aromatic nitrogens is 3. The predicted molar refractivity (Wildman–Crippen MR) is 112 cm³/mol. The number of hydrogen-bond acceptors (Lipinski definition) is 5. The van der Waals surface area contributed by atoms with Crippen molar-refractivity contribution >= 4 is 16.7 Å². The molecule has 182 valence electrons. The van der Waals surface area contributed by atoms with Gasteiger partial charge in [-0.05, 0) is 26.7 Å². The molecule has 1 N–H and O–H groups in total. The molecule has 2 heterocycles.